The number of nitrogens with zero attached hydrogens (tertiary/aromatic N) is 2. The number of halogens is 1. The van der Waals surface area contributed by atoms with Crippen molar-refractivity contribution in [3.8, 4) is 6.07 Å². The Kier molecular flexibility index (Phi) is 5.51. The van der Waals surface area contributed by atoms with E-state index in [2.05, 4.69) is 17.3 Å². The molecular formula is C16H22FN3. The van der Waals surface area contributed by atoms with Crippen LogP contribution in [0.15, 0.2) is 18.2 Å². The predicted molar refractivity (Wildman–Crippen MR) is 77.7 cm³/mol. The quantitative estimate of drug-likeness (QED) is 0.839. The van der Waals surface area contributed by atoms with Gasteiger partial charge < -0.3 is 10.2 Å². The maximum atomic E-state index is 13.3. The summed E-state index contributed by atoms with van der Waals surface area (Å²) in [5, 5.41) is 12.2. The molecule has 108 valence electrons. The van der Waals surface area contributed by atoms with Gasteiger partial charge in [-0.3, -0.25) is 0 Å². The zero-order chi connectivity index (χ0) is 14.4. The first-order valence-electron chi connectivity index (χ1n) is 7.26. The van der Waals surface area contributed by atoms with Gasteiger partial charge in [0.2, 0.25) is 0 Å². The summed E-state index contributed by atoms with van der Waals surface area (Å²) in [7, 11) is 2.17. The van der Waals surface area contributed by atoms with E-state index in [4.69, 9.17) is 5.26 Å². The van der Waals surface area contributed by atoms with Crippen molar-refractivity contribution in [2.45, 2.75) is 25.8 Å². The van der Waals surface area contributed by atoms with E-state index in [0.29, 0.717) is 12.1 Å². The zero-order valence-corrected chi connectivity index (χ0v) is 12.0. The molecule has 0 saturated carbocycles. The Labute approximate surface area is 120 Å². The van der Waals surface area contributed by atoms with E-state index in [1.807, 2.05) is 6.07 Å². The summed E-state index contributed by atoms with van der Waals surface area (Å²) in [6.07, 6.45) is 3.72. The predicted octanol–water partition coefficient (Wildman–Crippen LogP) is 2.52. The number of nitriles is 1. The van der Waals surface area contributed by atoms with Crippen molar-refractivity contribution in [1.29, 1.82) is 5.26 Å². The summed E-state index contributed by atoms with van der Waals surface area (Å²) < 4.78 is 13.3. The van der Waals surface area contributed by atoms with Crippen LogP contribution in [-0.4, -0.2) is 31.6 Å². The van der Waals surface area contributed by atoms with E-state index in [-0.39, 0.29) is 5.82 Å². The lowest BCUT2D eigenvalue weighted by molar-refractivity contribution is 0.211. The Morgan fingerprint density at radius 3 is 2.80 bits per heavy atom. The molecule has 0 unspecified atom stereocenters. The second-order valence-corrected chi connectivity index (χ2v) is 5.67. The Morgan fingerprint density at radius 1 is 1.35 bits per heavy atom. The van der Waals surface area contributed by atoms with Gasteiger partial charge in [-0.25, -0.2) is 4.39 Å². The third-order valence-electron chi connectivity index (χ3n) is 3.98. The average Bonchev–Trinajstić information content (AvgIpc) is 2.45. The van der Waals surface area contributed by atoms with Crippen LogP contribution in [0.1, 0.15) is 30.4 Å². The molecular weight excluding hydrogens is 253 g/mol. The van der Waals surface area contributed by atoms with Gasteiger partial charge in [0.15, 0.2) is 0 Å². The molecule has 1 N–H and O–H groups in total. The summed E-state index contributed by atoms with van der Waals surface area (Å²) in [6, 6.07) is 6.48. The number of benzene rings is 1. The lowest BCUT2D eigenvalue weighted by atomic mass is 9.94. The summed E-state index contributed by atoms with van der Waals surface area (Å²) >= 11 is 0. The van der Waals surface area contributed by atoms with Crippen LogP contribution in [0.4, 0.5) is 4.39 Å². The smallest absolute Gasteiger partial charge is 0.124 e. The largest absolute Gasteiger partial charge is 0.313 e. The first-order chi connectivity index (χ1) is 9.67. The number of rotatable bonds is 5. The van der Waals surface area contributed by atoms with Gasteiger partial charge in [0.25, 0.3) is 0 Å². The van der Waals surface area contributed by atoms with Crippen LogP contribution in [0.5, 0.6) is 0 Å². The van der Waals surface area contributed by atoms with Crippen LogP contribution < -0.4 is 5.32 Å². The molecule has 4 heteroatoms. The summed E-state index contributed by atoms with van der Waals surface area (Å²) in [4.78, 5) is 2.38. The topological polar surface area (TPSA) is 39.1 Å². The molecule has 1 heterocycles. The highest BCUT2D eigenvalue weighted by molar-refractivity contribution is 5.33. The third-order valence-corrected chi connectivity index (χ3v) is 3.98. The molecule has 1 saturated heterocycles. The highest BCUT2D eigenvalue weighted by Crippen LogP contribution is 2.18. The molecule has 1 aromatic rings. The van der Waals surface area contributed by atoms with Gasteiger partial charge >= 0.3 is 0 Å². The average molecular weight is 275 g/mol. The van der Waals surface area contributed by atoms with E-state index >= 15 is 0 Å². The fourth-order valence-corrected chi connectivity index (χ4v) is 2.71. The number of likely N-dealkylation sites (tertiary alicyclic amines) is 1. The van der Waals surface area contributed by atoms with Gasteiger partial charge in [-0.15, -0.1) is 0 Å². The molecule has 1 aliphatic rings. The van der Waals surface area contributed by atoms with Crippen molar-refractivity contribution in [2.75, 3.05) is 26.7 Å². The number of hydrogen-bond donors (Lipinski definition) is 1. The number of piperidine rings is 1. The minimum absolute atomic E-state index is 0.337. The molecule has 20 heavy (non-hydrogen) atoms. The van der Waals surface area contributed by atoms with Gasteiger partial charge in [-0.2, -0.15) is 5.26 Å². The molecule has 0 atom stereocenters. The van der Waals surface area contributed by atoms with E-state index in [1.165, 1.54) is 44.5 Å². The molecule has 0 aliphatic carbocycles. The first-order valence-corrected chi connectivity index (χ1v) is 7.26. The summed E-state index contributed by atoms with van der Waals surface area (Å²) in [6.45, 7) is 3.96. The van der Waals surface area contributed by atoms with Gasteiger partial charge in [-0.1, -0.05) is 0 Å². The fraction of sp³-hybridized carbons (Fsp3) is 0.562. The van der Waals surface area contributed by atoms with Gasteiger partial charge in [0.1, 0.15) is 5.82 Å². The molecule has 1 fully saturated rings. The fourth-order valence-electron chi connectivity index (χ4n) is 2.71. The molecule has 0 radical (unpaired) electrons. The second-order valence-electron chi connectivity index (χ2n) is 5.67. The monoisotopic (exact) mass is 275 g/mol. The maximum absolute atomic E-state index is 13.3. The first kappa shape index (κ1) is 15.0. The van der Waals surface area contributed by atoms with Gasteiger partial charge in [-0.05, 0) is 75.6 Å². The maximum Gasteiger partial charge on any atom is 0.124 e. The molecule has 1 aromatic carbocycles. The molecule has 0 aromatic heterocycles. The normalized spacial score (nSPS) is 17.1. The van der Waals surface area contributed by atoms with E-state index < -0.39 is 0 Å². The van der Waals surface area contributed by atoms with E-state index in [1.54, 1.807) is 6.07 Å². The standard InChI is InChI=1S/C16H22FN3/c1-20-6-3-13(4-7-20)2-5-19-12-15-8-14(11-18)9-16(17)10-15/h8-10,13,19H,2-7,12H2,1H3. The molecule has 0 bridgehead atoms. The molecule has 0 amide bonds. The molecule has 0 spiro atoms. The Bertz CT molecular complexity index is 473. The number of hydrogen-bond acceptors (Lipinski definition) is 3. The molecule has 1 aliphatic heterocycles. The van der Waals surface area contributed by atoms with Gasteiger partial charge in [0, 0.05) is 6.54 Å². The zero-order valence-electron chi connectivity index (χ0n) is 12.0. The van der Waals surface area contributed by atoms with Crippen LogP contribution in [0.25, 0.3) is 0 Å². The highest BCUT2D eigenvalue weighted by Gasteiger charge is 2.15. The van der Waals surface area contributed by atoms with Crippen molar-refractivity contribution >= 4 is 0 Å². The van der Waals surface area contributed by atoms with Gasteiger partial charge in [0.05, 0.1) is 11.6 Å². The van der Waals surface area contributed by atoms with Crippen molar-refractivity contribution in [2.24, 2.45) is 5.92 Å². The highest BCUT2D eigenvalue weighted by atomic mass is 19.1. The molecule has 2 rings (SSSR count). The molecule has 3 nitrogen and oxygen atoms in total. The minimum Gasteiger partial charge on any atom is -0.313 e. The van der Waals surface area contributed by atoms with Crippen LogP contribution in [0.2, 0.25) is 0 Å². The lowest BCUT2D eigenvalue weighted by Crippen LogP contribution is -2.31. The minimum atomic E-state index is -0.337. The van der Waals surface area contributed by atoms with E-state index in [0.717, 1.165) is 18.0 Å². The van der Waals surface area contributed by atoms with Crippen LogP contribution >= 0.6 is 0 Å². The lowest BCUT2D eigenvalue weighted by Gasteiger charge is -2.28. The van der Waals surface area contributed by atoms with Crippen LogP contribution in [0.3, 0.4) is 0 Å². The second kappa shape index (κ2) is 7.37. The van der Waals surface area contributed by atoms with Crippen LogP contribution in [0, 0.1) is 23.1 Å². The van der Waals surface area contributed by atoms with Crippen molar-refractivity contribution < 1.29 is 4.39 Å². The number of nitrogens with one attached hydrogen (secondary N) is 1. The van der Waals surface area contributed by atoms with Crippen molar-refractivity contribution in [1.82, 2.24) is 10.2 Å². The van der Waals surface area contributed by atoms with Crippen molar-refractivity contribution in [3.05, 3.63) is 35.1 Å². The Hall–Kier alpha value is -1.44. The Morgan fingerprint density at radius 2 is 2.10 bits per heavy atom. The SMILES string of the molecule is CN1CCC(CCNCc2cc(F)cc(C#N)c2)CC1. The summed E-state index contributed by atoms with van der Waals surface area (Å²) in [5.41, 5.74) is 1.22. The Balaban J connectivity index is 1.71. The van der Waals surface area contributed by atoms with Crippen LogP contribution in [-0.2, 0) is 6.54 Å². The van der Waals surface area contributed by atoms with Crippen molar-refractivity contribution in [3.63, 3.8) is 0 Å². The summed E-state index contributed by atoms with van der Waals surface area (Å²) in [5.74, 6) is 0.469. The third kappa shape index (κ3) is 4.59. The van der Waals surface area contributed by atoms with E-state index in [9.17, 15) is 4.39 Å².